The molecule has 0 unspecified atom stereocenters. The summed E-state index contributed by atoms with van der Waals surface area (Å²) in [6, 6.07) is 9.63. The molecule has 1 aromatic carbocycles. The van der Waals surface area contributed by atoms with Gasteiger partial charge in [-0.15, -0.1) is 11.3 Å². The van der Waals surface area contributed by atoms with Crippen LogP contribution in [-0.4, -0.2) is 39.0 Å². The SMILES string of the molecule is COc1ccc(-c2cc3c(n(C)c2=O)CCN(C(=O)c2csc(C(C)C)n2)C3)c2ccc(C)nc12. The first kappa shape index (κ1) is 23.2. The second kappa shape index (κ2) is 8.92. The van der Waals surface area contributed by atoms with Crippen molar-refractivity contribution in [1.82, 2.24) is 19.4 Å². The Bertz CT molecular complexity index is 1520. The number of carbonyl (C=O) groups excluding carboxylic acids is 1. The minimum absolute atomic E-state index is 0.0587. The van der Waals surface area contributed by atoms with E-state index in [0.29, 0.717) is 42.4 Å². The number of methoxy groups -OCH3 is 1. The van der Waals surface area contributed by atoms with Crippen LogP contribution in [0.4, 0.5) is 0 Å². The third kappa shape index (κ3) is 4.01. The fourth-order valence-electron chi connectivity index (χ4n) is 4.70. The van der Waals surface area contributed by atoms with Gasteiger partial charge in [0.25, 0.3) is 11.5 Å². The van der Waals surface area contributed by atoms with Crippen molar-refractivity contribution >= 4 is 28.1 Å². The van der Waals surface area contributed by atoms with Crippen LogP contribution in [0.2, 0.25) is 0 Å². The fourth-order valence-corrected chi connectivity index (χ4v) is 5.51. The highest BCUT2D eigenvalue weighted by Crippen LogP contribution is 2.34. The topological polar surface area (TPSA) is 77.3 Å². The van der Waals surface area contributed by atoms with E-state index in [2.05, 4.69) is 23.8 Å². The molecule has 0 saturated carbocycles. The number of benzene rings is 1. The van der Waals surface area contributed by atoms with Gasteiger partial charge in [-0.3, -0.25) is 9.59 Å². The molecule has 0 bridgehead atoms. The summed E-state index contributed by atoms with van der Waals surface area (Å²) in [7, 11) is 3.43. The van der Waals surface area contributed by atoms with Crippen LogP contribution in [0.15, 0.2) is 40.5 Å². The zero-order chi connectivity index (χ0) is 24.9. The summed E-state index contributed by atoms with van der Waals surface area (Å²) in [5.41, 5.74) is 5.39. The lowest BCUT2D eigenvalue weighted by Gasteiger charge is -2.30. The summed E-state index contributed by atoms with van der Waals surface area (Å²) in [6.07, 6.45) is 0.623. The number of nitrogens with zero attached hydrogens (tertiary/aromatic N) is 4. The number of aromatic nitrogens is 3. The van der Waals surface area contributed by atoms with E-state index in [0.717, 1.165) is 38.4 Å². The molecule has 0 aliphatic carbocycles. The van der Waals surface area contributed by atoms with Gasteiger partial charge < -0.3 is 14.2 Å². The summed E-state index contributed by atoms with van der Waals surface area (Å²) in [5, 5.41) is 3.67. The summed E-state index contributed by atoms with van der Waals surface area (Å²) in [5.74, 6) is 0.894. The maximum Gasteiger partial charge on any atom is 0.273 e. The maximum atomic E-state index is 13.4. The highest BCUT2D eigenvalue weighted by molar-refractivity contribution is 7.09. The number of thiazole rings is 1. The highest BCUT2D eigenvalue weighted by atomic mass is 32.1. The van der Waals surface area contributed by atoms with E-state index in [-0.39, 0.29) is 11.5 Å². The van der Waals surface area contributed by atoms with Crippen molar-refractivity contribution in [2.75, 3.05) is 13.7 Å². The van der Waals surface area contributed by atoms with Crippen molar-refractivity contribution < 1.29 is 9.53 Å². The lowest BCUT2D eigenvalue weighted by atomic mass is 9.96. The molecule has 35 heavy (non-hydrogen) atoms. The molecule has 1 aliphatic rings. The minimum atomic E-state index is -0.0659. The Morgan fingerprint density at radius 1 is 1.14 bits per heavy atom. The molecule has 180 valence electrons. The normalized spacial score (nSPS) is 13.4. The monoisotopic (exact) mass is 488 g/mol. The fraction of sp³-hybridized carbons (Fsp3) is 0.333. The summed E-state index contributed by atoms with van der Waals surface area (Å²) >= 11 is 1.52. The third-order valence-electron chi connectivity index (χ3n) is 6.60. The van der Waals surface area contributed by atoms with Gasteiger partial charge in [-0.05, 0) is 42.3 Å². The van der Waals surface area contributed by atoms with Crippen molar-refractivity contribution in [3.63, 3.8) is 0 Å². The van der Waals surface area contributed by atoms with E-state index >= 15 is 0 Å². The maximum absolute atomic E-state index is 13.4. The van der Waals surface area contributed by atoms with E-state index in [9.17, 15) is 9.59 Å². The molecule has 7 nitrogen and oxygen atoms in total. The van der Waals surface area contributed by atoms with Gasteiger partial charge in [-0.1, -0.05) is 19.9 Å². The van der Waals surface area contributed by atoms with Crippen molar-refractivity contribution in [2.45, 2.75) is 39.7 Å². The van der Waals surface area contributed by atoms with Gasteiger partial charge in [0.1, 0.15) is 17.0 Å². The average Bonchev–Trinajstić information content (AvgIpc) is 3.35. The second-order valence-electron chi connectivity index (χ2n) is 9.26. The van der Waals surface area contributed by atoms with Gasteiger partial charge in [0, 0.05) is 60.2 Å². The third-order valence-corrected chi connectivity index (χ3v) is 7.75. The van der Waals surface area contributed by atoms with Crippen molar-refractivity contribution in [3.8, 4) is 16.9 Å². The van der Waals surface area contributed by atoms with Crippen LogP contribution in [0.3, 0.4) is 0 Å². The Labute approximate surface area is 208 Å². The van der Waals surface area contributed by atoms with Gasteiger partial charge >= 0.3 is 0 Å². The van der Waals surface area contributed by atoms with Crippen LogP contribution in [-0.2, 0) is 20.0 Å². The lowest BCUT2D eigenvalue weighted by Crippen LogP contribution is -2.39. The smallest absolute Gasteiger partial charge is 0.273 e. The summed E-state index contributed by atoms with van der Waals surface area (Å²) < 4.78 is 7.25. The van der Waals surface area contributed by atoms with E-state index in [1.165, 1.54) is 11.3 Å². The van der Waals surface area contributed by atoms with Crippen LogP contribution in [0.25, 0.3) is 22.0 Å². The number of amides is 1. The minimum Gasteiger partial charge on any atom is -0.494 e. The molecule has 0 radical (unpaired) electrons. The predicted octanol–water partition coefficient (Wildman–Crippen LogP) is 4.70. The predicted molar refractivity (Wildman–Crippen MR) is 138 cm³/mol. The molecular formula is C27H28N4O3S. The quantitative estimate of drug-likeness (QED) is 0.416. The van der Waals surface area contributed by atoms with Gasteiger partial charge in [-0.2, -0.15) is 0 Å². The molecule has 5 rings (SSSR count). The van der Waals surface area contributed by atoms with E-state index in [4.69, 9.17) is 4.74 Å². The van der Waals surface area contributed by atoms with E-state index in [1.807, 2.05) is 54.6 Å². The van der Waals surface area contributed by atoms with Gasteiger partial charge in [0.15, 0.2) is 0 Å². The molecule has 0 fully saturated rings. The zero-order valence-electron chi connectivity index (χ0n) is 20.6. The van der Waals surface area contributed by atoms with Crippen molar-refractivity contribution in [2.24, 2.45) is 7.05 Å². The number of hydrogen-bond donors (Lipinski definition) is 0. The second-order valence-corrected chi connectivity index (χ2v) is 10.2. The molecule has 4 heterocycles. The molecule has 1 amide bonds. The van der Waals surface area contributed by atoms with Gasteiger partial charge in [0.2, 0.25) is 0 Å². The van der Waals surface area contributed by atoms with E-state index in [1.54, 1.807) is 11.7 Å². The average molecular weight is 489 g/mol. The number of ether oxygens (including phenoxy) is 1. The molecular weight excluding hydrogens is 460 g/mol. The molecule has 8 heteroatoms. The number of hydrogen-bond acceptors (Lipinski definition) is 6. The Balaban J connectivity index is 1.57. The first-order chi connectivity index (χ1) is 16.8. The standard InChI is InChI=1S/C27H28N4O3S/c1-15(2)25-29-21(14-35-25)27(33)31-11-10-22-17(13-31)12-20(26(32)30(22)4)18-8-9-23(34-5)24-19(18)7-6-16(3)28-24/h6-9,12,14-15H,10-11,13H2,1-5H3. The number of rotatable bonds is 4. The van der Waals surface area contributed by atoms with Crippen molar-refractivity contribution in [1.29, 1.82) is 0 Å². The van der Waals surface area contributed by atoms with Crippen LogP contribution < -0.4 is 10.3 Å². The lowest BCUT2D eigenvalue weighted by molar-refractivity contribution is 0.0727. The number of aryl methyl sites for hydroxylation is 1. The van der Waals surface area contributed by atoms with Crippen LogP contribution in [0.1, 0.15) is 52.2 Å². The molecule has 1 aliphatic heterocycles. The molecule has 0 spiro atoms. The van der Waals surface area contributed by atoms with Crippen LogP contribution in [0.5, 0.6) is 5.75 Å². The summed E-state index contributed by atoms with van der Waals surface area (Å²) in [6.45, 7) is 7.08. The highest BCUT2D eigenvalue weighted by Gasteiger charge is 2.27. The Hall–Kier alpha value is -3.52. The van der Waals surface area contributed by atoms with Gasteiger partial charge in [-0.25, -0.2) is 9.97 Å². The van der Waals surface area contributed by atoms with Crippen molar-refractivity contribution in [3.05, 3.63) is 73.7 Å². The molecule has 0 saturated heterocycles. The summed E-state index contributed by atoms with van der Waals surface area (Å²) in [4.78, 5) is 37.7. The Morgan fingerprint density at radius 2 is 1.94 bits per heavy atom. The van der Waals surface area contributed by atoms with Crippen LogP contribution in [0, 0.1) is 6.92 Å². The van der Waals surface area contributed by atoms with E-state index < -0.39 is 0 Å². The van der Waals surface area contributed by atoms with Crippen LogP contribution >= 0.6 is 11.3 Å². The first-order valence-electron chi connectivity index (χ1n) is 11.7. The Morgan fingerprint density at radius 3 is 2.66 bits per heavy atom. The van der Waals surface area contributed by atoms with Gasteiger partial charge in [0.05, 0.1) is 12.1 Å². The zero-order valence-corrected chi connectivity index (χ0v) is 21.4. The first-order valence-corrected chi connectivity index (χ1v) is 12.6. The number of fused-ring (bicyclic) bond motifs is 2. The largest absolute Gasteiger partial charge is 0.494 e. The number of carbonyl (C=O) groups is 1. The molecule has 4 aromatic rings. The molecule has 3 aromatic heterocycles. The Kier molecular flexibility index (Phi) is 5.92. The molecule has 0 N–H and O–H groups in total. The molecule has 0 atom stereocenters. The number of pyridine rings is 2.